The van der Waals surface area contributed by atoms with E-state index in [1.54, 1.807) is 0 Å². The fourth-order valence-electron chi connectivity index (χ4n) is 6.12. The highest BCUT2D eigenvalue weighted by atomic mass is 15.1. The van der Waals surface area contributed by atoms with Crippen LogP contribution in [-0.2, 0) is 0 Å². The van der Waals surface area contributed by atoms with Crippen molar-refractivity contribution in [2.75, 3.05) is 0 Å². The number of pyridine rings is 1. The van der Waals surface area contributed by atoms with E-state index in [-0.39, 0.29) is 0 Å². The Hall–Kier alpha value is -5.66. The lowest BCUT2D eigenvalue weighted by molar-refractivity contribution is 1.08. The van der Waals surface area contributed by atoms with Crippen LogP contribution in [0.3, 0.4) is 0 Å². The average Bonchev–Trinajstić information content (AvgIpc) is 3.54. The lowest BCUT2D eigenvalue weighted by Gasteiger charge is -2.15. The highest BCUT2D eigenvalue weighted by molar-refractivity contribution is 6.10. The molecule has 3 aromatic heterocycles. The summed E-state index contributed by atoms with van der Waals surface area (Å²) in [6, 6.07) is 46.3. The average molecular weight is 511 g/mol. The smallest absolute Gasteiger partial charge is 0.145 e. The summed E-state index contributed by atoms with van der Waals surface area (Å²) in [6.45, 7) is 0. The lowest BCUT2D eigenvalue weighted by atomic mass is 10.0. The van der Waals surface area contributed by atoms with Gasteiger partial charge in [0.25, 0.3) is 0 Å². The standard InChI is InChI=1S/C36H22N4/c37-23-25-22-24(19-20-31(25)39-32-15-5-1-10-27(32)28-11-2-6-16-33(28)39)26-14-9-21-38-36(26)40-34-17-7-3-12-29(34)30-13-4-8-18-35(30)40/h1-22H. The van der Waals surface area contributed by atoms with Gasteiger partial charge in [-0.15, -0.1) is 0 Å². The van der Waals surface area contributed by atoms with Crippen molar-refractivity contribution in [1.29, 1.82) is 5.26 Å². The molecule has 0 N–H and O–H groups in total. The Kier molecular flexibility index (Phi) is 4.85. The van der Waals surface area contributed by atoms with Gasteiger partial charge >= 0.3 is 0 Å². The van der Waals surface area contributed by atoms with E-state index in [0.717, 1.165) is 44.7 Å². The van der Waals surface area contributed by atoms with E-state index in [1.165, 1.54) is 21.5 Å². The molecule has 8 aromatic rings. The molecule has 0 spiro atoms. The van der Waals surface area contributed by atoms with Gasteiger partial charge < -0.3 is 4.57 Å². The highest BCUT2D eigenvalue weighted by Gasteiger charge is 2.18. The molecule has 0 aliphatic carbocycles. The van der Waals surface area contributed by atoms with Crippen LogP contribution in [0.25, 0.3) is 66.2 Å². The summed E-state index contributed by atoms with van der Waals surface area (Å²) in [5.41, 5.74) is 7.77. The number of nitrogens with zero attached hydrogens (tertiary/aromatic N) is 4. The molecule has 0 bridgehead atoms. The maximum absolute atomic E-state index is 10.4. The third-order valence-electron chi connectivity index (χ3n) is 7.83. The number of para-hydroxylation sites is 4. The summed E-state index contributed by atoms with van der Waals surface area (Å²) in [7, 11) is 0. The Morgan fingerprint density at radius 2 is 1.02 bits per heavy atom. The first-order chi connectivity index (χ1) is 19.8. The highest BCUT2D eigenvalue weighted by Crippen LogP contribution is 2.37. The number of fused-ring (bicyclic) bond motifs is 6. The van der Waals surface area contributed by atoms with Crippen LogP contribution in [0.4, 0.5) is 0 Å². The van der Waals surface area contributed by atoms with Crippen molar-refractivity contribution in [3.05, 3.63) is 139 Å². The first kappa shape index (κ1) is 22.3. The molecule has 5 aromatic carbocycles. The Morgan fingerprint density at radius 3 is 1.55 bits per heavy atom. The van der Waals surface area contributed by atoms with Gasteiger partial charge in [-0.25, -0.2) is 4.98 Å². The van der Waals surface area contributed by atoms with E-state index < -0.39 is 0 Å². The number of nitriles is 1. The minimum absolute atomic E-state index is 0.612. The van der Waals surface area contributed by atoms with Gasteiger partial charge in [0.2, 0.25) is 0 Å². The largest absolute Gasteiger partial charge is 0.308 e. The summed E-state index contributed by atoms with van der Waals surface area (Å²) in [5, 5.41) is 15.1. The van der Waals surface area contributed by atoms with Crippen molar-refractivity contribution >= 4 is 43.6 Å². The molecule has 0 radical (unpaired) electrons. The number of rotatable bonds is 3. The first-order valence-electron chi connectivity index (χ1n) is 13.3. The van der Waals surface area contributed by atoms with Gasteiger partial charge in [0.15, 0.2) is 0 Å². The van der Waals surface area contributed by atoms with Crippen LogP contribution >= 0.6 is 0 Å². The zero-order chi connectivity index (χ0) is 26.6. The predicted octanol–water partition coefficient (Wildman–Crippen LogP) is 8.81. The fourth-order valence-corrected chi connectivity index (χ4v) is 6.12. The molecule has 40 heavy (non-hydrogen) atoms. The second-order valence-electron chi connectivity index (χ2n) is 9.96. The van der Waals surface area contributed by atoms with E-state index in [2.05, 4.69) is 118 Å². The van der Waals surface area contributed by atoms with Gasteiger partial charge in [-0.2, -0.15) is 5.26 Å². The van der Waals surface area contributed by atoms with Gasteiger partial charge in [-0.05, 0) is 54.1 Å². The third-order valence-corrected chi connectivity index (χ3v) is 7.83. The van der Waals surface area contributed by atoms with Crippen LogP contribution in [0.15, 0.2) is 134 Å². The third kappa shape index (κ3) is 3.15. The van der Waals surface area contributed by atoms with Crippen molar-refractivity contribution in [2.24, 2.45) is 0 Å². The molecule has 0 atom stereocenters. The van der Waals surface area contributed by atoms with Crippen molar-refractivity contribution in [1.82, 2.24) is 14.1 Å². The molecule has 0 saturated heterocycles. The van der Waals surface area contributed by atoms with Gasteiger partial charge in [-0.1, -0.05) is 78.9 Å². The maximum Gasteiger partial charge on any atom is 0.145 e. The quantitative estimate of drug-likeness (QED) is 0.238. The summed E-state index contributed by atoms with van der Waals surface area (Å²) < 4.78 is 4.43. The van der Waals surface area contributed by atoms with E-state index in [9.17, 15) is 5.26 Å². The SMILES string of the molecule is N#Cc1cc(-c2cccnc2-n2c3ccccc3c3ccccc32)ccc1-n1c2ccccc2c2ccccc21. The summed E-state index contributed by atoms with van der Waals surface area (Å²) in [5.74, 6) is 0.841. The molecule has 3 heterocycles. The van der Waals surface area contributed by atoms with E-state index in [0.29, 0.717) is 5.56 Å². The molecule has 8 rings (SSSR count). The Balaban J connectivity index is 1.37. The molecule has 0 aliphatic heterocycles. The van der Waals surface area contributed by atoms with Crippen LogP contribution in [0.5, 0.6) is 0 Å². The number of hydrogen-bond acceptors (Lipinski definition) is 2. The molecular weight excluding hydrogens is 488 g/mol. The molecule has 4 nitrogen and oxygen atoms in total. The Labute approximate surface area is 230 Å². The van der Waals surface area contributed by atoms with E-state index >= 15 is 0 Å². The van der Waals surface area contributed by atoms with Crippen LogP contribution in [0.2, 0.25) is 0 Å². The minimum atomic E-state index is 0.612. The zero-order valence-electron chi connectivity index (χ0n) is 21.5. The van der Waals surface area contributed by atoms with Crippen molar-refractivity contribution in [3.63, 3.8) is 0 Å². The molecule has 0 unspecified atom stereocenters. The molecule has 0 amide bonds. The predicted molar refractivity (Wildman–Crippen MR) is 163 cm³/mol. The first-order valence-corrected chi connectivity index (χ1v) is 13.3. The summed E-state index contributed by atoms with van der Waals surface area (Å²) in [4.78, 5) is 4.88. The molecule has 0 fully saturated rings. The molecule has 0 aliphatic rings. The van der Waals surface area contributed by atoms with E-state index in [4.69, 9.17) is 4.98 Å². The van der Waals surface area contributed by atoms with Crippen molar-refractivity contribution in [2.45, 2.75) is 0 Å². The zero-order valence-corrected chi connectivity index (χ0v) is 21.5. The molecule has 186 valence electrons. The minimum Gasteiger partial charge on any atom is -0.308 e. The summed E-state index contributed by atoms with van der Waals surface area (Å²) in [6.07, 6.45) is 1.83. The number of hydrogen-bond donors (Lipinski definition) is 0. The topological polar surface area (TPSA) is 46.5 Å². The lowest BCUT2D eigenvalue weighted by Crippen LogP contribution is -2.01. The Bertz CT molecular complexity index is 2190. The second kappa shape index (κ2) is 8.69. The molecule has 0 saturated carbocycles. The Morgan fingerprint density at radius 1 is 0.525 bits per heavy atom. The van der Waals surface area contributed by atoms with Gasteiger partial charge in [-0.3, -0.25) is 4.57 Å². The van der Waals surface area contributed by atoms with Gasteiger partial charge in [0.05, 0.1) is 33.3 Å². The van der Waals surface area contributed by atoms with Gasteiger partial charge in [0.1, 0.15) is 11.9 Å². The van der Waals surface area contributed by atoms with Crippen LogP contribution in [0.1, 0.15) is 5.56 Å². The summed E-state index contributed by atoms with van der Waals surface area (Å²) >= 11 is 0. The van der Waals surface area contributed by atoms with Crippen LogP contribution < -0.4 is 0 Å². The fraction of sp³-hybridized carbons (Fsp3) is 0. The van der Waals surface area contributed by atoms with Crippen molar-refractivity contribution in [3.8, 4) is 28.7 Å². The van der Waals surface area contributed by atoms with Crippen molar-refractivity contribution < 1.29 is 0 Å². The number of benzene rings is 5. The van der Waals surface area contributed by atoms with Crippen LogP contribution in [0, 0.1) is 11.3 Å². The molecule has 4 heteroatoms. The second-order valence-corrected chi connectivity index (χ2v) is 9.96. The maximum atomic E-state index is 10.4. The van der Waals surface area contributed by atoms with Crippen LogP contribution in [-0.4, -0.2) is 14.1 Å². The molecular formula is C36H22N4. The monoisotopic (exact) mass is 510 g/mol. The number of aromatic nitrogens is 3. The normalized spacial score (nSPS) is 11.5. The van der Waals surface area contributed by atoms with Gasteiger partial charge in [0, 0.05) is 33.3 Å². The van der Waals surface area contributed by atoms with E-state index in [1.807, 2.05) is 30.5 Å².